The molecule has 1 aromatic rings. The third-order valence-electron chi connectivity index (χ3n) is 4.40. The first-order valence-corrected chi connectivity index (χ1v) is 8.02. The predicted molar refractivity (Wildman–Crippen MR) is 78.0 cm³/mol. The van der Waals surface area contributed by atoms with Crippen LogP contribution in [0.1, 0.15) is 49.0 Å². The zero-order valence-electron chi connectivity index (χ0n) is 11.8. The summed E-state index contributed by atoms with van der Waals surface area (Å²) in [5.74, 6) is 1.02. The quantitative estimate of drug-likeness (QED) is 0.901. The molecule has 1 saturated carbocycles. The highest BCUT2D eigenvalue weighted by atomic mass is 32.1. The molecule has 0 aromatic carbocycles. The van der Waals surface area contributed by atoms with Gasteiger partial charge < -0.3 is 4.90 Å². The zero-order valence-corrected chi connectivity index (χ0v) is 12.7. The fraction of sp³-hybridized carbons (Fsp3) is 0.667. The number of amides is 1. The van der Waals surface area contributed by atoms with E-state index >= 15 is 0 Å². The molecule has 1 aliphatic heterocycles. The van der Waals surface area contributed by atoms with E-state index in [1.807, 2.05) is 6.92 Å². The molecule has 0 bridgehead atoms. The van der Waals surface area contributed by atoms with Gasteiger partial charge in [-0.25, -0.2) is 0 Å². The fourth-order valence-corrected chi connectivity index (χ4v) is 4.32. The predicted octanol–water partition coefficient (Wildman–Crippen LogP) is 3.06. The Morgan fingerprint density at radius 1 is 1.32 bits per heavy atom. The summed E-state index contributed by atoms with van der Waals surface area (Å²) in [6.07, 6.45) is 3.65. The molecule has 1 amide bonds. The van der Waals surface area contributed by atoms with Crippen LogP contribution in [-0.4, -0.2) is 22.9 Å². The molecule has 3 nitrogen and oxygen atoms in total. The summed E-state index contributed by atoms with van der Waals surface area (Å²) in [6, 6.07) is 4.68. The number of thiophene rings is 1. The maximum Gasteiger partial charge on any atom is 0.241 e. The van der Waals surface area contributed by atoms with E-state index in [0.29, 0.717) is 6.04 Å². The Balaban J connectivity index is 1.87. The lowest BCUT2D eigenvalue weighted by Gasteiger charge is -2.29. The third-order valence-corrected chi connectivity index (χ3v) is 5.46. The molecule has 1 aliphatic carbocycles. The molecule has 1 aromatic heterocycles. The number of nitrogens with one attached hydrogen (secondary N) is 1. The summed E-state index contributed by atoms with van der Waals surface area (Å²) in [4.78, 5) is 17.2. The number of nitrogens with zero attached hydrogens (tertiary/aromatic N) is 1. The summed E-state index contributed by atoms with van der Waals surface area (Å²) in [7, 11) is 0. The Kier molecular flexibility index (Phi) is 3.39. The van der Waals surface area contributed by atoms with Crippen LogP contribution in [0.25, 0.3) is 0 Å². The second kappa shape index (κ2) is 4.91. The van der Waals surface area contributed by atoms with Crippen LogP contribution in [0.5, 0.6) is 0 Å². The highest BCUT2D eigenvalue weighted by Gasteiger charge is 2.43. The maximum absolute atomic E-state index is 12.5. The van der Waals surface area contributed by atoms with Gasteiger partial charge in [-0.05, 0) is 51.2 Å². The minimum Gasteiger partial charge on any atom is -0.318 e. The van der Waals surface area contributed by atoms with E-state index in [4.69, 9.17) is 0 Å². The number of aryl methyl sites for hydroxylation is 1. The van der Waals surface area contributed by atoms with Gasteiger partial charge in [-0.1, -0.05) is 6.92 Å². The van der Waals surface area contributed by atoms with E-state index in [1.54, 1.807) is 11.3 Å². The maximum atomic E-state index is 12.5. The molecule has 2 fully saturated rings. The lowest BCUT2D eigenvalue weighted by atomic mass is 10.1. The van der Waals surface area contributed by atoms with Crippen molar-refractivity contribution in [3.8, 4) is 0 Å². The van der Waals surface area contributed by atoms with Crippen molar-refractivity contribution >= 4 is 17.2 Å². The number of rotatable bonds is 2. The van der Waals surface area contributed by atoms with Crippen molar-refractivity contribution in [3.05, 3.63) is 21.9 Å². The normalized spacial score (nSPS) is 35.3. The van der Waals surface area contributed by atoms with Crippen LogP contribution in [-0.2, 0) is 4.79 Å². The topological polar surface area (TPSA) is 32.3 Å². The standard InChI is InChI=1S/C15H22N2OS/c1-9-4-6-12(8-9)17-14(16-11(3)15(17)18)13-7-5-10(2)19-13/h5,7,9,11-12,14,16H,4,6,8H2,1-3H3. The minimum atomic E-state index is -0.0525. The Labute approximate surface area is 119 Å². The first kappa shape index (κ1) is 13.1. The van der Waals surface area contributed by atoms with Gasteiger partial charge in [0.05, 0.1) is 6.04 Å². The zero-order chi connectivity index (χ0) is 13.6. The van der Waals surface area contributed by atoms with Gasteiger partial charge in [0.2, 0.25) is 5.91 Å². The third kappa shape index (κ3) is 2.32. The summed E-state index contributed by atoms with van der Waals surface area (Å²) < 4.78 is 0. The van der Waals surface area contributed by atoms with E-state index in [2.05, 4.69) is 36.2 Å². The number of hydrogen-bond donors (Lipinski definition) is 1. The number of carbonyl (C=O) groups excluding carboxylic acids is 1. The summed E-state index contributed by atoms with van der Waals surface area (Å²) in [6.45, 7) is 6.40. The molecular weight excluding hydrogens is 256 g/mol. The van der Waals surface area contributed by atoms with Crippen LogP contribution in [0.4, 0.5) is 0 Å². The Morgan fingerprint density at radius 3 is 2.68 bits per heavy atom. The molecule has 4 heteroatoms. The van der Waals surface area contributed by atoms with Crippen molar-refractivity contribution in [2.24, 2.45) is 5.92 Å². The van der Waals surface area contributed by atoms with Gasteiger partial charge in [0, 0.05) is 15.8 Å². The van der Waals surface area contributed by atoms with Crippen molar-refractivity contribution in [1.82, 2.24) is 10.2 Å². The lowest BCUT2D eigenvalue weighted by Crippen LogP contribution is -2.38. The molecule has 1 saturated heterocycles. The summed E-state index contributed by atoms with van der Waals surface area (Å²) in [5.41, 5.74) is 0. The molecule has 2 aliphatic rings. The number of carbonyl (C=O) groups is 1. The van der Waals surface area contributed by atoms with E-state index in [9.17, 15) is 4.79 Å². The van der Waals surface area contributed by atoms with Gasteiger partial charge in [-0.3, -0.25) is 10.1 Å². The Morgan fingerprint density at radius 2 is 2.11 bits per heavy atom. The molecule has 4 unspecified atom stereocenters. The average Bonchev–Trinajstić information content (AvgIpc) is 3.02. The van der Waals surface area contributed by atoms with Gasteiger partial charge in [0.1, 0.15) is 6.17 Å². The second-order valence-electron chi connectivity index (χ2n) is 6.06. The molecule has 0 spiro atoms. The largest absolute Gasteiger partial charge is 0.318 e. The molecule has 104 valence electrons. The van der Waals surface area contributed by atoms with Crippen LogP contribution in [0, 0.1) is 12.8 Å². The first-order valence-electron chi connectivity index (χ1n) is 7.21. The summed E-state index contributed by atoms with van der Waals surface area (Å²) >= 11 is 1.80. The molecular formula is C15H22N2OS. The highest BCUT2D eigenvalue weighted by Crippen LogP contribution is 2.38. The van der Waals surface area contributed by atoms with E-state index in [1.165, 1.54) is 16.2 Å². The van der Waals surface area contributed by atoms with Crippen molar-refractivity contribution in [1.29, 1.82) is 0 Å². The van der Waals surface area contributed by atoms with E-state index < -0.39 is 0 Å². The van der Waals surface area contributed by atoms with Gasteiger partial charge in [-0.2, -0.15) is 0 Å². The molecule has 1 N–H and O–H groups in total. The van der Waals surface area contributed by atoms with Crippen LogP contribution in [0.2, 0.25) is 0 Å². The average molecular weight is 278 g/mol. The molecule has 2 heterocycles. The van der Waals surface area contributed by atoms with Crippen LogP contribution < -0.4 is 5.32 Å². The van der Waals surface area contributed by atoms with Crippen molar-refractivity contribution in [2.45, 2.75) is 58.3 Å². The number of hydrogen-bond acceptors (Lipinski definition) is 3. The van der Waals surface area contributed by atoms with Crippen LogP contribution in [0.15, 0.2) is 12.1 Å². The fourth-order valence-electron chi connectivity index (χ4n) is 3.38. The SMILES string of the molecule is Cc1ccc(C2NC(C)C(=O)N2C2CCC(C)C2)s1. The minimum absolute atomic E-state index is 0.0525. The van der Waals surface area contributed by atoms with Gasteiger partial charge in [0.25, 0.3) is 0 Å². The monoisotopic (exact) mass is 278 g/mol. The van der Waals surface area contributed by atoms with Crippen molar-refractivity contribution < 1.29 is 4.79 Å². The van der Waals surface area contributed by atoms with Gasteiger partial charge >= 0.3 is 0 Å². The second-order valence-corrected chi connectivity index (χ2v) is 7.38. The van der Waals surface area contributed by atoms with Gasteiger partial charge in [0.15, 0.2) is 0 Å². The van der Waals surface area contributed by atoms with E-state index in [-0.39, 0.29) is 18.1 Å². The van der Waals surface area contributed by atoms with Crippen molar-refractivity contribution in [2.75, 3.05) is 0 Å². The highest BCUT2D eigenvalue weighted by molar-refractivity contribution is 7.12. The summed E-state index contributed by atoms with van der Waals surface area (Å²) in [5, 5.41) is 3.46. The molecule has 19 heavy (non-hydrogen) atoms. The lowest BCUT2D eigenvalue weighted by molar-refractivity contribution is -0.132. The molecule has 3 rings (SSSR count). The smallest absolute Gasteiger partial charge is 0.241 e. The molecule has 0 radical (unpaired) electrons. The van der Waals surface area contributed by atoms with E-state index in [0.717, 1.165) is 18.8 Å². The molecule has 4 atom stereocenters. The van der Waals surface area contributed by atoms with Crippen LogP contribution >= 0.6 is 11.3 Å². The van der Waals surface area contributed by atoms with Crippen LogP contribution in [0.3, 0.4) is 0 Å². The first-order chi connectivity index (χ1) is 9.06. The Hall–Kier alpha value is -0.870. The Bertz CT molecular complexity index is 484. The van der Waals surface area contributed by atoms with Crippen molar-refractivity contribution in [3.63, 3.8) is 0 Å². The van der Waals surface area contributed by atoms with Gasteiger partial charge in [-0.15, -0.1) is 11.3 Å².